The van der Waals surface area contributed by atoms with Crippen LogP contribution >= 0.6 is 0 Å². The van der Waals surface area contributed by atoms with Crippen LogP contribution in [0.5, 0.6) is 0 Å². The van der Waals surface area contributed by atoms with Crippen LogP contribution < -0.4 is 5.32 Å². The number of benzene rings is 1. The van der Waals surface area contributed by atoms with Gasteiger partial charge in [0, 0.05) is 11.7 Å². The molecule has 1 aromatic carbocycles. The van der Waals surface area contributed by atoms with E-state index in [0.717, 1.165) is 18.5 Å². The van der Waals surface area contributed by atoms with Crippen LogP contribution in [0.2, 0.25) is 0 Å². The van der Waals surface area contributed by atoms with Crippen molar-refractivity contribution in [1.82, 2.24) is 4.90 Å². The third kappa shape index (κ3) is 2.18. The Balaban J connectivity index is 1.55. The number of carbonyl (C=O) groups is 1. The summed E-state index contributed by atoms with van der Waals surface area (Å²) in [6, 6.07) is 7.10. The molecular weight excluding hydrogens is 272 g/mol. The van der Waals surface area contributed by atoms with E-state index in [1.807, 2.05) is 0 Å². The van der Waals surface area contributed by atoms with Gasteiger partial charge in [0.05, 0.1) is 5.41 Å². The molecule has 1 aromatic rings. The summed E-state index contributed by atoms with van der Waals surface area (Å²) in [5.74, 6) is 0.241. The first-order valence-corrected chi connectivity index (χ1v) is 8.86. The largest absolute Gasteiger partial charge is 0.325 e. The number of hydrogen-bond acceptors (Lipinski definition) is 2. The van der Waals surface area contributed by atoms with Gasteiger partial charge in [-0.25, -0.2) is 0 Å². The Morgan fingerprint density at radius 2 is 1.86 bits per heavy atom. The fourth-order valence-corrected chi connectivity index (χ4v) is 4.77. The SMILES string of the molecule is Cc1ccc2c(c1)C1(CCC(N3CCCCC3)CC1)C(=O)N2. The Bertz CT molecular complexity index is 581. The quantitative estimate of drug-likeness (QED) is 0.859. The minimum absolute atomic E-state index is 0.241. The van der Waals surface area contributed by atoms with E-state index in [1.165, 1.54) is 56.3 Å². The van der Waals surface area contributed by atoms with Gasteiger partial charge in [0.1, 0.15) is 0 Å². The van der Waals surface area contributed by atoms with E-state index in [1.54, 1.807) is 0 Å². The number of nitrogens with one attached hydrogen (secondary N) is 1. The highest BCUT2D eigenvalue weighted by atomic mass is 16.2. The average molecular weight is 298 g/mol. The van der Waals surface area contributed by atoms with Crippen molar-refractivity contribution in [1.29, 1.82) is 0 Å². The maximum atomic E-state index is 12.7. The predicted octanol–water partition coefficient (Wildman–Crippen LogP) is 3.61. The molecule has 2 fully saturated rings. The van der Waals surface area contributed by atoms with E-state index in [0.29, 0.717) is 6.04 Å². The first-order valence-electron chi connectivity index (χ1n) is 8.86. The zero-order valence-corrected chi connectivity index (χ0v) is 13.5. The maximum Gasteiger partial charge on any atom is 0.235 e. The second-order valence-corrected chi connectivity index (χ2v) is 7.41. The maximum absolute atomic E-state index is 12.7. The standard InChI is InChI=1S/C19H26N2O/c1-14-5-6-17-16(13-14)19(18(22)20-17)9-7-15(8-10-19)21-11-3-2-4-12-21/h5-6,13,15H,2-4,7-12H2,1H3,(H,20,22). The van der Waals surface area contributed by atoms with E-state index in [9.17, 15) is 4.79 Å². The Hall–Kier alpha value is -1.35. The molecule has 1 saturated heterocycles. The van der Waals surface area contributed by atoms with Gasteiger partial charge in [-0.05, 0) is 70.2 Å². The number of fused-ring (bicyclic) bond motifs is 2. The number of piperidine rings is 1. The van der Waals surface area contributed by atoms with Gasteiger partial charge in [-0.3, -0.25) is 4.79 Å². The second kappa shape index (κ2) is 5.38. The highest BCUT2D eigenvalue weighted by molar-refractivity contribution is 6.06. The van der Waals surface area contributed by atoms with E-state index in [4.69, 9.17) is 0 Å². The normalized spacial score (nSPS) is 32.0. The van der Waals surface area contributed by atoms with Crippen molar-refractivity contribution < 1.29 is 4.79 Å². The molecule has 1 amide bonds. The van der Waals surface area contributed by atoms with E-state index >= 15 is 0 Å². The topological polar surface area (TPSA) is 32.3 Å². The Kier molecular flexibility index (Phi) is 3.48. The molecule has 1 spiro atoms. The van der Waals surface area contributed by atoms with Gasteiger partial charge in [0.15, 0.2) is 0 Å². The molecule has 0 bridgehead atoms. The molecule has 3 aliphatic rings. The lowest BCUT2D eigenvalue weighted by atomic mass is 9.68. The Morgan fingerprint density at radius 3 is 2.59 bits per heavy atom. The number of rotatable bonds is 1. The van der Waals surface area contributed by atoms with Crippen molar-refractivity contribution in [2.45, 2.75) is 63.3 Å². The number of amides is 1. The lowest BCUT2D eigenvalue weighted by Gasteiger charge is -2.42. The first kappa shape index (κ1) is 14.3. The van der Waals surface area contributed by atoms with Crippen LogP contribution in [0.3, 0.4) is 0 Å². The van der Waals surface area contributed by atoms with Crippen molar-refractivity contribution in [2.75, 3.05) is 18.4 Å². The van der Waals surface area contributed by atoms with E-state index in [-0.39, 0.29) is 11.3 Å². The molecule has 22 heavy (non-hydrogen) atoms. The monoisotopic (exact) mass is 298 g/mol. The summed E-state index contributed by atoms with van der Waals surface area (Å²) < 4.78 is 0. The molecule has 2 aliphatic heterocycles. The number of hydrogen-bond donors (Lipinski definition) is 1. The molecule has 0 aromatic heterocycles. The molecule has 1 saturated carbocycles. The summed E-state index contributed by atoms with van der Waals surface area (Å²) in [7, 11) is 0. The predicted molar refractivity (Wildman–Crippen MR) is 89.2 cm³/mol. The Morgan fingerprint density at radius 1 is 1.14 bits per heavy atom. The number of nitrogens with zero attached hydrogens (tertiary/aromatic N) is 1. The summed E-state index contributed by atoms with van der Waals surface area (Å²) >= 11 is 0. The number of aryl methyl sites for hydroxylation is 1. The third-order valence-corrected chi connectivity index (χ3v) is 6.09. The second-order valence-electron chi connectivity index (χ2n) is 7.41. The minimum Gasteiger partial charge on any atom is -0.325 e. The van der Waals surface area contributed by atoms with Crippen molar-refractivity contribution >= 4 is 11.6 Å². The van der Waals surface area contributed by atoms with Crippen LogP contribution in [-0.4, -0.2) is 29.9 Å². The molecule has 2 heterocycles. The molecule has 4 rings (SSSR count). The van der Waals surface area contributed by atoms with E-state index in [2.05, 4.69) is 35.3 Å². The number of likely N-dealkylation sites (tertiary alicyclic amines) is 1. The van der Waals surface area contributed by atoms with Crippen molar-refractivity contribution in [3.63, 3.8) is 0 Å². The summed E-state index contributed by atoms with van der Waals surface area (Å²) in [6.45, 7) is 4.65. The molecule has 1 N–H and O–H groups in total. The molecule has 118 valence electrons. The summed E-state index contributed by atoms with van der Waals surface area (Å²) in [5, 5.41) is 3.13. The molecule has 0 unspecified atom stereocenters. The minimum atomic E-state index is -0.242. The molecule has 3 nitrogen and oxygen atoms in total. The highest BCUT2D eigenvalue weighted by Crippen LogP contribution is 2.48. The van der Waals surface area contributed by atoms with Gasteiger partial charge in [0.2, 0.25) is 5.91 Å². The zero-order valence-electron chi connectivity index (χ0n) is 13.5. The lowest BCUT2D eigenvalue weighted by Crippen LogP contribution is -2.46. The number of carbonyl (C=O) groups excluding carboxylic acids is 1. The fourth-order valence-electron chi connectivity index (χ4n) is 4.77. The Labute approximate surface area is 133 Å². The molecule has 3 heteroatoms. The van der Waals surface area contributed by atoms with Crippen molar-refractivity contribution in [3.05, 3.63) is 29.3 Å². The van der Waals surface area contributed by atoms with Crippen molar-refractivity contribution in [3.8, 4) is 0 Å². The zero-order chi connectivity index (χ0) is 15.2. The summed E-state index contributed by atoms with van der Waals surface area (Å²) in [4.78, 5) is 15.4. The third-order valence-electron chi connectivity index (χ3n) is 6.09. The smallest absolute Gasteiger partial charge is 0.235 e. The van der Waals surface area contributed by atoms with Crippen LogP contribution in [-0.2, 0) is 10.2 Å². The van der Waals surface area contributed by atoms with E-state index < -0.39 is 0 Å². The first-order chi connectivity index (χ1) is 10.7. The summed E-state index contributed by atoms with van der Waals surface area (Å²) in [6.07, 6.45) is 8.45. The van der Waals surface area contributed by atoms with Gasteiger partial charge in [0.25, 0.3) is 0 Å². The highest BCUT2D eigenvalue weighted by Gasteiger charge is 2.49. The van der Waals surface area contributed by atoms with Gasteiger partial charge >= 0.3 is 0 Å². The van der Waals surface area contributed by atoms with Crippen LogP contribution in [0.15, 0.2) is 18.2 Å². The molecule has 1 aliphatic carbocycles. The van der Waals surface area contributed by atoms with Crippen LogP contribution in [0.4, 0.5) is 5.69 Å². The van der Waals surface area contributed by atoms with Gasteiger partial charge in [-0.2, -0.15) is 0 Å². The molecule has 0 radical (unpaired) electrons. The molecule has 0 atom stereocenters. The van der Waals surface area contributed by atoms with Crippen molar-refractivity contribution in [2.24, 2.45) is 0 Å². The number of anilines is 1. The lowest BCUT2D eigenvalue weighted by molar-refractivity contribution is -0.122. The van der Waals surface area contributed by atoms with Gasteiger partial charge < -0.3 is 10.2 Å². The molecular formula is C19H26N2O. The van der Waals surface area contributed by atoms with Gasteiger partial charge in [-0.1, -0.05) is 24.1 Å². The van der Waals surface area contributed by atoms with Crippen LogP contribution in [0.1, 0.15) is 56.1 Å². The van der Waals surface area contributed by atoms with Crippen LogP contribution in [0, 0.1) is 6.92 Å². The fraction of sp³-hybridized carbons (Fsp3) is 0.632. The van der Waals surface area contributed by atoms with Gasteiger partial charge in [-0.15, -0.1) is 0 Å². The average Bonchev–Trinajstić information content (AvgIpc) is 2.81. The summed E-state index contributed by atoms with van der Waals surface area (Å²) in [5.41, 5.74) is 3.32. The van der Waals surface area contributed by atoms with Crippen LogP contribution in [0.25, 0.3) is 0 Å².